The normalized spacial score (nSPS) is 25.3. The zero-order valence-electron chi connectivity index (χ0n) is 3.94. The van der Waals surface area contributed by atoms with Gasteiger partial charge in [0.05, 0.1) is 0 Å². The smallest absolute Gasteiger partial charge is 0.105 e. The van der Waals surface area contributed by atoms with Gasteiger partial charge in [-0.15, -0.1) is 12.6 Å². The van der Waals surface area contributed by atoms with Gasteiger partial charge in [0.15, 0.2) is 0 Å². The highest BCUT2D eigenvalue weighted by molar-refractivity contribution is 7.80. The van der Waals surface area contributed by atoms with Gasteiger partial charge in [0.2, 0.25) is 0 Å². The van der Waals surface area contributed by atoms with Crippen molar-refractivity contribution >= 4 is 12.6 Å². The standard InChI is InChI=1S/C3H9N3S/c7-3-5-1-4-2-6-3/h3-7H,1-2H2. The number of hydrogen-bond acceptors (Lipinski definition) is 4. The summed E-state index contributed by atoms with van der Waals surface area (Å²) >= 11 is 4.10. The van der Waals surface area contributed by atoms with Gasteiger partial charge >= 0.3 is 0 Å². The average Bonchev–Trinajstić information content (AvgIpc) is 1.69. The molecule has 0 aliphatic carbocycles. The van der Waals surface area contributed by atoms with E-state index in [1.165, 1.54) is 0 Å². The second kappa shape index (κ2) is 2.52. The van der Waals surface area contributed by atoms with Crippen molar-refractivity contribution in [2.45, 2.75) is 5.50 Å². The van der Waals surface area contributed by atoms with Crippen LogP contribution in [0.25, 0.3) is 0 Å². The lowest BCUT2D eigenvalue weighted by atomic mass is 10.8. The quantitative estimate of drug-likeness (QED) is 0.306. The van der Waals surface area contributed by atoms with Crippen LogP contribution >= 0.6 is 12.6 Å². The third-order valence-electron chi connectivity index (χ3n) is 0.841. The lowest BCUT2D eigenvalue weighted by Gasteiger charge is -2.20. The summed E-state index contributed by atoms with van der Waals surface area (Å²) in [5.74, 6) is 0. The van der Waals surface area contributed by atoms with E-state index in [4.69, 9.17) is 0 Å². The van der Waals surface area contributed by atoms with Crippen LogP contribution in [0.3, 0.4) is 0 Å². The fourth-order valence-electron chi connectivity index (χ4n) is 0.472. The molecule has 42 valence electrons. The molecule has 1 rings (SSSR count). The van der Waals surface area contributed by atoms with E-state index in [9.17, 15) is 0 Å². The average molecular weight is 119 g/mol. The first-order valence-electron chi connectivity index (χ1n) is 2.25. The summed E-state index contributed by atoms with van der Waals surface area (Å²) in [6, 6.07) is 0. The van der Waals surface area contributed by atoms with Crippen LogP contribution in [0.1, 0.15) is 0 Å². The highest BCUT2D eigenvalue weighted by Gasteiger charge is 2.02. The molecule has 3 nitrogen and oxygen atoms in total. The molecule has 1 aliphatic heterocycles. The van der Waals surface area contributed by atoms with Gasteiger partial charge in [-0.05, 0) is 0 Å². The van der Waals surface area contributed by atoms with E-state index in [1.807, 2.05) is 0 Å². The molecule has 1 aliphatic rings. The Balaban J connectivity index is 2.12. The molecule has 7 heavy (non-hydrogen) atoms. The topological polar surface area (TPSA) is 36.1 Å². The Bertz CT molecular complexity index is 52.1. The third kappa shape index (κ3) is 1.65. The molecule has 0 aromatic heterocycles. The monoisotopic (exact) mass is 119 g/mol. The van der Waals surface area contributed by atoms with E-state index < -0.39 is 0 Å². The zero-order valence-corrected chi connectivity index (χ0v) is 4.83. The maximum absolute atomic E-state index is 4.10. The summed E-state index contributed by atoms with van der Waals surface area (Å²) in [5.41, 5.74) is 0.168. The van der Waals surface area contributed by atoms with Gasteiger partial charge in [-0.25, -0.2) is 0 Å². The maximum Gasteiger partial charge on any atom is 0.105 e. The van der Waals surface area contributed by atoms with Crippen LogP contribution in [-0.4, -0.2) is 18.8 Å². The van der Waals surface area contributed by atoms with Gasteiger partial charge in [-0.3, -0.25) is 16.0 Å². The van der Waals surface area contributed by atoms with Crippen molar-refractivity contribution < 1.29 is 0 Å². The zero-order chi connectivity index (χ0) is 5.11. The molecule has 0 spiro atoms. The molecule has 1 saturated heterocycles. The first-order chi connectivity index (χ1) is 3.39. The van der Waals surface area contributed by atoms with E-state index in [2.05, 4.69) is 28.6 Å². The Kier molecular flexibility index (Phi) is 1.93. The summed E-state index contributed by atoms with van der Waals surface area (Å²) in [6.07, 6.45) is 0. The highest BCUT2D eigenvalue weighted by Crippen LogP contribution is 1.82. The summed E-state index contributed by atoms with van der Waals surface area (Å²) in [6.45, 7) is 1.70. The van der Waals surface area contributed by atoms with Crippen molar-refractivity contribution in [3.05, 3.63) is 0 Å². The Morgan fingerprint density at radius 1 is 1.29 bits per heavy atom. The number of hydrogen-bond donors (Lipinski definition) is 4. The van der Waals surface area contributed by atoms with Crippen molar-refractivity contribution in [2.75, 3.05) is 13.3 Å². The van der Waals surface area contributed by atoms with Crippen molar-refractivity contribution in [3.63, 3.8) is 0 Å². The summed E-state index contributed by atoms with van der Waals surface area (Å²) < 4.78 is 0. The molecule has 0 atom stereocenters. The van der Waals surface area contributed by atoms with Crippen LogP contribution in [0.4, 0.5) is 0 Å². The van der Waals surface area contributed by atoms with E-state index in [0.717, 1.165) is 13.3 Å². The number of rotatable bonds is 0. The molecule has 0 aromatic carbocycles. The number of nitrogens with one attached hydrogen (secondary N) is 3. The summed E-state index contributed by atoms with van der Waals surface area (Å²) in [7, 11) is 0. The Morgan fingerprint density at radius 3 is 2.14 bits per heavy atom. The van der Waals surface area contributed by atoms with Crippen LogP contribution < -0.4 is 16.0 Å². The predicted octanol–water partition coefficient (Wildman–Crippen LogP) is -1.10. The largest absolute Gasteiger partial charge is 0.292 e. The molecule has 1 heterocycles. The van der Waals surface area contributed by atoms with Crippen LogP contribution in [-0.2, 0) is 0 Å². The molecular formula is C3H9N3S. The van der Waals surface area contributed by atoms with Gasteiger partial charge in [-0.2, -0.15) is 0 Å². The molecular weight excluding hydrogens is 110 g/mol. The van der Waals surface area contributed by atoms with E-state index in [0.29, 0.717) is 0 Å². The summed E-state index contributed by atoms with van der Waals surface area (Å²) in [4.78, 5) is 0. The van der Waals surface area contributed by atoms with Crippen LogP contribution in [0.15, 0.2) is 0 Å². The Hall–Kier alpha value is 0.230. The first kappa shape index (κ1) is 5.37. The molecule has 0 unspecified atom stereocenters. The molecule has 0 amide bonds. The van der Waals surface area contributed by atoms with Crippen LogP contribution in [0, 0.1) is 0 Å². The lowest BCUT2D eigenvalue weighted by Crippen LogP contribution is -2.52. The summed E-state index contributed by atoms with van der Waals surface area (Å²) in [5, 5.41) is 9.09. The lowest BCUT2D eigenvalue weighted by molar-refractivity contribution is 0.418. The Morgan fingerprint density at radius 2 is 1.86 bits per heavy atom. The van der Waals surface area contributed by atoms with Crippen molar-refractivity contribution in [1.29, 1.82) is 0 Å². The SMILES string of the molecule is SC1NCNCN1. The molecule has 1 fully saturated rings. The number of thiol groups is 1. The minimum atomic E-state index is 0.168. The molecule has 0 bridgehead atoms. The van der Waals surface area contributed by atoms with Gasteiger partial charge in [0.25, 0.3) is 0 Å². The van der Waals surface area contributed by atoms with E-state index >= 15 is 0 Å². The minimum Gasteiger partial charge on any atom is -0.292 e. The molecule has 0 aromatic rings. The van der Waals surface area contributed by atoms with Crippen LogP contribution in [0.2, 0.25) is 0 Å². The molecule has 0 saturated carbocycles. The first-order valence-corrected chi connectivity index (χ1v) is 2.77. The molecule has 3 N–H and O–H groups in total. The van der Waals surface area contributed by atoms with Gasteiger partial charge in [-0.1, -0.05) is 0 Å². The molecule has 4 heteroatoms. The highest BCUT2D eigenvalue weighted by atomic mass is 32.1. The molecule has 0 radical (unpaired) electrons. The van der Waals surface area contributed by atoms with Crippen molar-refractivity contribution in [3.8, 4) is 0 Å². The van der Waals surface area contributed by atoms with Gasteiger partial charge in [0.1, 0.15) is 5.50 Å². The van der Waals surface area contributed by atoms with Gasteiger partial charge < -0.3 is 0 Å². The Labute approximate surface area is 48.3 Å². The third-order valence-corrected chi connectivity index (χ3v) is 1.21. The predicted molar refractivity (Wildman–Crippen MR) is 31.9 cm³/mol. The minimum absolute atomic E-state index is 0.168. The second-order valence-corrected chi connectivity index (χ2v) is 1.93. The van der Waals surface area contributed by atoms with Crippen molar-refractivity contribution in [1.82, 2.24) is 16.0 Å². The maximum atomic E-state index is 4.10. The van der Waals surface area contributed by atoms with Gasteiger partial charge in [0, 0.05) is 13.3 Å². The van der Waals surface area contributed by atoms with E-state index in [1.54, 1.807) is 0 Å². The fraction of sp³-hybridized carbons (Fsp3) is 1.00. The van der Waals surface area contributed by atoms with Crippen LogP contribution in [0.5, 0.6) is 0 Å². The second-order valence-electron chi connectivity index (χ2n) is 1.41. The van der Waals surface area contributed by atoms with E-state index in [-0.39, 0.29) is 5.50 Å². The fourth-order valence-corrected chi connectivity index (χ4v) is 0.655. The van der Waals surface area contributed by atoms with Crippen molar-refractivity contribution in [2.24, 2.45) is 0 Å².